The zero-order valence-electron chi connectivity index (χ0n) is 10.7. The summed E-state index contributed by atoms with van der Waals surface area (Å²) >= 11 is 0. The highest BCUT2D eigenvalue weighted by Crippen LogP contribution is 2.24. The molecule has 100 valence electrons. The van der Waals surface area contributed by atoms with E-state index in [0.717, 1.165) is 12.8 Å². The lowest BCUT2D eigenvalue weighted by atomic mass is 10.1. The van der Waals surface area contributed by atoms with E-state index in [1.165, 1.54) is 6.07 Å². The monoisotopic (exact) mass is 254 g/mol. The van der Waals surface area contributed by atoms with Crippen molar-refractivity contribution in [2.75, 3.05) is 6.61 Å². The van der Waals surface area contributed by atoms with Gasteiger partial charge in [-0.05, 0) is 44.4 Å². The van der Waals surface area contributed by atoms with Crippen molar-refractivity contribution in [1.82, 2.24) is 0 Å². The standard InChI is InChI=1S/C14H19FO3/c1-9-3-5-12(18-9)8-17-14-6-4-11(10(2)16)7-13(14)15/h4,6-7,9-10,12,16H,3,5,8H2,1-2H3/t9?,10-,12?/m0/s1. The normalized spacial score (nSPS) is 25.1. The Labute approximate surface area is 107 Å². The molecule has 2 unspecified atom stereocenters. The lowest BCUT2D eigenvalue weighted by Crippen LogP contribution is -2.18. The molecule has 4 heteroatoms. The van der Waals surface area contributed by atoms with Gasteiger partial charge >= 0.3 is 0 Å². The molecule has 3 nitrogen and oxygen atoms in total. The summed E-state index contributed by atoms with van der Waals surface area (Å²) in [4.78, 5) is 0. The molecule has 0 aromatic heterocycles. The van der Waals surface area contributed by atoms with E-state index in [0.29, 0.717) is 12.2 Å². The van der Waals surface area contributed by atoms with E-state index in [1.54, 1.807) is 19.1 Å². The van der Waals surface area contributed by atoms with Crippen molar-refractivity contribution in [3.8, 4) is 5.75 Å². The number of hydrogen-bond donors (Lipinski definition) is 1. The second-order valence-electron chi connectivity index (χ2n) is 4.82. The highest BCUT2D eigenvalue weighted by atomic mass is 19.1. The van der Waals surface area contributed by atoms with Crippen molar-refractivity contribution in [3.05, 3.63) is 29.6 Å². The second kappa shape index (κ2) is 5.67. The van der Waals surface area contributed by atoms with E-state index in [1.807, 2.05) is 6.92 Å². The molecule has 0 bridgehead atoms. The van der Waals surface area contributed by atoms with Gasteiger partial charge in [0.25, 0.3) is 0 Å². The molecule has 0 aliphatic carbocycles. The van der Waals surface area contributed by atoms with Crippen LogP contribution in [0.3, 0.4) is 0 Å². The highest BCUT2D eigenvalue weighted by Gasteiger charge is 2.22. The summed E-state index contributed by atoms with van der Waals surface area (Å²) in [6.07, 6.45) is 1.62. The fraction of sp³-hybridized carbons (Fsp3) is 0.571. The van der Waals surface area contributed by atoms with Crippen LogP contribution in [0.25, 0.3) is 0 Å². The summed E-state index contributed by atoms with van der Waals surface area (Å²) in [7, 11) is 0. The largest absolute Gasteiger partial charge is 0.488 e. The minimum atomic E-state index is -0.674. The maximum Gasteiger partial charge on any atom is 0.165 e. The SMILES string of the molecule is CC1CCC(COc2ccc([C@H](C)O)cc2F)O1. The van der Waals surface area contributed by atoms with Crippen LogP contribution in [-0.4, -0.2) is 23.9 Å². The summed E-state index contributed by atoms with van der Waals surface area (Å²) in [5, 5.41) is 9.34. The van der Waals surface area contributed by atoms with E-state index in [-0.39, 0.29) is 18.0 Å². The summed E-state index contributed by atoms with van der Waals surface area (Å²) in [6, 6.07) is 4.52. The van der Waals surface area contributed by atoms with Crippen LogP contribution < -0.4 is 4.74 Å². The minimum absolute atomic E-state index is 0.0517. The van der Waals surface area contributed by atoms with Crippen molar-refractivity contribution < 1.29 is 19.0 Å². The van der Waals surface area contributed by atoms with Gasteiger partial charge in [-0.3, -0.25) is 0 Å². The van der Waals surface area contributed by atoms with Gasteiger partial charge in [0.05, 0.1) is 18.3 Å². The molecule has 2 rings (SSSR count). The maximum absolute atomic E-state index is 13.7. The third kappa shape index (κ3) is 3.21. The van der Waals surface area contributed by atoms with Crippen LogP contribution in [0.15, 0.2) is 18.2 Å². The summed E-state index contributed by atoms with van der Waals surface area (Å²) in [5.74, 6) is -0.234. The summed E-state index contributed by atoms with van der Waals surface area (Å²) in [6.45, 7) is 4.00. The molecule has 0 amide bonds. The summed E-state index contributed by atoms with van der Waals surface area (Å²) < 4.78 is 24.7. The maximum atomic E-state index is 13.7. The first kappa shape index (κ1) is 13.3. The Morgan fingerprint density at radius 3 is 2.83 bits per heavy atom. The van der Waals surface area contributed by atoms with Crippen molar-refractivity contribution in [2.24, 2.45) is 0 Å². The molecule has 0 spiro atoms. The Kier molecular flexibility index (Phi) is 4.19. The van der Waals surface area contributed by atoms with Gasteiger partial charge in [0.15, 0.2) is 11.6 Å². The Morgan fingerprint density at radius 1 is 1.50 bits per heavy atom. The number of halogens is 1. The molecule has 18 heavy (non-hydrogen) atoms. The molecule has 1 aliphatic heterocycles. The van der Waals surface area contributed by atoms with Gasteiger partial charge in [-0.2, -0.15) is 0 Å². The van der Waals surface area contributed by atoms with Crippen LogP contribution in [-0.2, 0) is 4.74 Å². The van der Waals surface area contributed by atoms with Gasteiger partial charge in [0.2, 0.25) is 0 Å². The van der Waals surface area contributed by atoms with E-state index in [9.17, 15) is 9.50 Å². The third-order valence-corrected chi connectivity index (χ3v) is 3.18. The van der Waals surface area contributed by atoms with Gasteiger partial charge in [0.1, 0.15) is 6.61 Å². The van der Waals surface area contributed by atoms with Crippen LogP contribution >= 0.6 is 0 Å². The van der Waals surface area contributed by atoms with Crippen LogP contribution in [0, 0.1) is 5.82 Å². The predicted octanol–water partition coefficient (Wildman–Crippen LogP) is 2.83. The average Bonchev–Trinajstić information content (AvgIpc) is 2.73. The van der Waals surface area contributed by atoms with Crippen LogP contribution in [0.1, 0.15) is 38.4 Å². The van der Waals surface area contributed by atoms with Crippen molar-refractivity contribution in [2.45, 2.75) is 45.0 Å². The van der Waals surface area contributed by atoms with Crippen LogP contribution in [0.2, 0.25) is 0 Å². The first-order chi connectivity index (χ1) is 8.56. The Balaban J connectivity index is 1.93. The first-order valence-corrected chi connectivity index (χ1v) is 6.32. The molecule has 1 aliphatic rings. The van der Waals surface area contributed by atoms with Crippen molar-refractivity contribution in [3.63, 3.8) is 0 Å². The molecule has 1 N–H and O–H groups in total. The third-order valence-electron chi connectivity index (χ3n) is 3.18. The number of ether oxygens (including phenoxy) is 2. The smallest absolute Gasteiger partial charge is 0.165 e. The molecule has 1 aromatic rings. The van der Waals surface area contributed by atoms with Crippen LogP contribution in [0.4, 0.5) is 4.39 Å². The van der Waals surface area contributed by atoms with Crippen molar-refractivity contribution >= 4 is 0 Å². The fourth-order valence-electron chi connectivity index (χ4n) is 2.08. The lowest BCUT2D eigenvalue weighted by Gasteiger charge is -2.14. The number of hydrogen-bond acceptors (Lipinski definition) is 3. The molecular formula is C14H19FO3. The lowest BCUT2D eigenvalue weighted by molar-refractivity contribution is 0.0256. The number of aliphatic hydroxyl groups excluding tert-OH is 1. The van der Waals surface area contributed by atoms with Gasteiger partial charge in [0, 0.05) is 0 Å². The first-order valence-electron chi connectivity index (χ1n) is 6.32. The molecule has 0 radical (unpaired) electrons. The Morgan fingerprint density at radius 2 is 2.28 bits per heavy atom. The topological polar surface area (TPSA) is 38.7 Å². The predicted molar refractivity (Wildman–Crippen MR) is 66.1 cm³/mol. The molecular weight excluding hydrogens is 235 g/mol. The van der Waals surface area contributed by atoms with E-state index >= 15 is 0 Å². The van der Waals surface area contributed by atoms with Crippen LogP contribution in [0.5, 0.6) is 5.75 Å². The molecule has 3 atom stereocenters. The second-order valence-corrected chi connectivity index (χ2v) is 4.82. The quantitative estimate of drug-likeness (QED) is 0.898. The van der Waals surface area contributed by atoms with Gasteiger partial charge < -0.3 is 14.6 Å². The number of aliphatic hydroxyl groups is 1. The van der Waals surface area contributed by atoms with Crippen molar-refractivity contribution in [1.29, 1.82) is 0 Å². The Bertz CT molecular complexity index is 406. The zero-order chi connectivity index (χ0) is 13.1. The molecule has 1 saturated heterocycles. The number of rotatable bonds is 4. The molecule has 0 saturated carbocycles. The van der Waals surface area contributed by atoms with E-state index in [4.69, 9.17) is 9.47 Å². The molecule has 1 heterocycles. The highest BCUT2D eigenvalue weighted by molar-refractivity contribution is 5.30. The average molecular weight is 254 g/mol. The van der Waals surface area contributed by atoms with Gasteiger partial charge in [-0.1, -0.05) is 6.07 Å². The zero-order valence-corrected chi connectivity index (χ0v) is 10.7. The Hall–Kier alpha value is -1.13. The van der Waals surface area contributed by atoms with E-state index < -0.39 is 11.9 Å². The van der Waals surface area contributed by atoms with E-state index in [2.05, 4.69) is 0 Å². The molecule has 1 fully saturated rings. The number of benzene rings is 1. The van der Waals surface area contributed by atoms with Gasteiger partial charge in [-0.25, -0.2) is 4.39 Å². The summed E-state index contributed by atoms with van der Waals surface area (Å²) in [5.41, 5.74) is 0.547. The van der Waals surface area contributed by atoms with Gasteiger partial charge in [-0.15, -0.1) is 0 Å². The fourth-order valence-corrected chi connectivity index (χ4v) is 2.08. The minimum Gasteiger partial charge on any atom is -0.488 e. The molecule has 1 aromatic carbocycles.